The molecule has 0 bridgehead atoms. The summed E-state index contributed by atoms with van der Waals surface area (Å²) in [6, 6.07) is 0. The first-order valence-electron chi connectivity index (χ1n) is 9.14. The van der Waals surface area contributed by atoms with Crippen LogP contribution in [0.5, 0.6) is 0 Å². The van der Waals surface area contributed by atoms with Crippen molar-refractivity contribution < 1.29 is 0 Å². The molecule has 2 N–H and O–H groups in total. The van der Waals surface area contributed by atoms with Gasteiger partial charge in [0.15, 0.2) is 0 Å². The van der Waals surface area contributed by atoms with Crippen LogP contribution in [0, 0.1) is 0 Å². The van der Waals surface area contributed by atoms with Gasteiger partial charge in [0.2, 0.25) is 0 Å². The molecule has 0 aromatic carbocycles. The third kappa shape index (κ3) is 29.2. The SMILES string of the molecule is CCCCCCCC/C=C\CCCCCCCCN.[Cl][Pb][Cl]. The number of allylic oxidation sites excluding steroid dienone is 2. The molecule has 0 aromatic heterocycles. The van der Waals surface area contributed by atoms with Gasteiger partial charge in [0.05, 0.1) is 0 Å². The number of rotatable bonds is 15. The fourth-order valence-electron chi connectivity index (χ4n) is 2.39. The predicted molar refractivity (Wildman–Crippen MR) is 106 cm³/mol. The molecule has 0 spiro atoms. The first kappa shape index (κ1) is 25.4. The summed E-state index contributed by atoms with van der Waals surface area (Å²) in [5.41, 5.74) is 5.47. The van der Waals surface area contributed by atoms with Crippen LogP contribution < -0.4 is 5.73 Å². The van der Waals surface area contributed by atoms with Gasteiger partial charge in [-0.3, -0.25) is 0 Å². The van der Waals surface area contributed by atoms with Gasteiger partial charge in [0.25, 0.3) is 0 Å². The Balaban J connectivity index is 0. The Kier molecular flexibility index (Phi) is 31.3. The van der Waals surface area contributed by atoms with Crippen LogP contribution in [0.25, 0.3) is 0 Å². The van der Waals surface area contributed by atoms with Gasteiger partial charge in [-0.05, 0) is 38.6 Å². The van der Waals surface area contributed by atoms with Gasteiger partial charge in [-0.25, -0.2) is 0 Å². The predicted octanol–water partition coefficient (Wildman–Crippen LogP) is 6.98. The molecule has 4 heteroatoms. The molecule has 0 aliphatic rings. The molecule has 0 saturated carbocycles. The zero-order valence-electron chi connectivity index (χ0n) is 14.6. The fourth-order valence-corrected chi connectivity index (χ4v) is 2.39. The Bertz CT molecular complexity index is 202. The summed E-state index contributed by atoms with van der Waals surface area (Å²) in [5, 5.41) is 0. The van der Waals surface area contributed by atoms with E-state index in [1.165, 1.54) is 89.9 Å². The number of unbranched alkanes of at least 4 members (excludes halogenated alkanes) is 12. The van der Waals surface area contributed by atoms with Gasteiger partial charge in [0, 0.05) is 0 Å². The summed E-state index contributed by atoms with van der Waals surface area (Å²) in [6.45, 7) is 3.14. The van der Waals surface area contributed by atoms with E-state index in [1.807, 2.05) is 0 Å². The summed E-state index contributed by atoms with van der Waals surface area (Å²) in [7, 11) is 9.92. The fraction of sp³-hybridized carbons (Fsp3) is 0.889. The van der Waals surface area contributed by atoms with E-state index in [-0.39, 0.29) is 0 Å². The van der Waals surface area contributed by atoms with E-state index < -0.39 is 21.8 Å². The average Bonchev–Trinajstić information content (AvgIpc) is 2.52. The Morgan fingerprint density at radius 2 is 1.05 bits per heavy atom. The average molecular weight is 546 g/mol. The standard InChI is InChI=1S/C18H37N.2ClH.Pb/c1-2-3-4-5-6-7-8-9-10-11-12-13-14-15-16-17-18-19;;;/h9-10H,2-8,11-19H2,1H3;2*1H;/q;;;+2/p-2/b10-9-;;;. The third-order valence-corrected chi connectivity index (χ3v) is 3.72. The molecule has 0 aliphatic carbocycles. The van der Waals surface area contributed by atoms with Gasteiger partial charge < -0.3 is 5.73 Å². The molecule has 0 heterocycles. The van der Waals surface area contributed by atoms with Crippen molar-refractivity contribution >= 4 is 38.4 Å². The quantitative estimate of drug-likeness (QED) is 0.134. The first-order chi connectivity index (χ1) is 10.8. The summed E-state index contributed by atoms with van der Waals surface area (Å²) in [4.78, 5) is 0. The Hall–Kier alpha value is 1.20. The summed E-state index contributed by atoms with van der Waals surface area (Å²) < 4.78 is 0. The Morgan fingerprint density at radius 3 is 1.45 bits per heavy atom. The first-order valence-corrected chi connectivity index (χ1v) is 18.7. The van der Waals surface area contributed by atoms with Crippen molar-refractivity contribution in [2.75, 3.05) is 6.54 Å². The summed E-state index contributed by atoms with van der Waals surface area (Å²) in [6.07, 6.45) is 23.9. The number of hydrogen-bond donors (Lipinski definition) is 1. The van der Waals surface area contributed by atoms with E-state index in [4.69, 9.17) is 22.4 Å². The molecule has 22 heavy (non-hydrogen) atoms. The second kappa shape index (κ2) is 27.1. The molecule has 0 atom stereocenters. The van der Waals surface area contributed by atoms with Crippen molar-refractivity contribution in [3.05, 3.63) is 12.2 Å². The number of hydrogen-bond acceptors (Lipinski definition) is 1. The van der Waals surface area contributed by atoms with Crippen molar-refractivity contribution in [1.29, 1.82) is 0 Å². The van der Waals surface area contributed by atoms with Gasteiger partial charge in [0.1, 0.15) is 0 Å². The molecule has 0 aliphatic heterocycles. The van der Waals surface area contributed by atoms with Crippen LogP contribution in [0.4, 0.5) is 0 Å². The molecular weight excluding hydrogens is 508 g/mol. The van der Waals surface area contributed by atoms with Crippen LogP contribution in [0.2, 0.25) is 0 Å². The molecule has 1 nitrogen and oxygen atoms in total. The van der Waals surface area contributed by atoms with Crippen molar-refractivity contribution in [3.63, 3.8) is 0 Å². The van der Waals surface area contributed by atoms with Gasteiger partial charge >= 0.3 is 38.4 Å². The maximum atomic E-state index is 5.47. The van der Waals surface area contributed by atoms with Crippen LogP contribution in [0.15, 0.2) is 12.2 Å². The monoisotopic (exact) mass is 545 g/mol. The van der Waals surface area contributed by atoms with Crippen molar-refractivity contribution in [2.45, 2.75) is 96.8 Å². The van der Waals surface area contributed by atoms with E-state index in [0.29, 0.717) is 0 Å². The van der Waals surface area contributed by atoms with Crippen LogP contribution in [-0.2, 0) is 0 Å². The molecule has 0 fully saturated rings. The van der Waals surface area contributed by atoms with Crippen molar-refractivity contribution in [3.8, 4) is 0 Å². The Morgan fingerprint density at radius 1 is 0.682 bits per heavy atom. The third-order valence-electron chi connectivity index (χ3n) is 3.72. The van der Waals surface area contributed by atoms with E-state index in [9.17, 15) is 0 Å². The molecule has 0 saturated heterocycles. The molecule has 0 aromatic rings. The summed E-state index contributed by atoms with van der Waals surface area (Å²) in [5.74, 6) is 0. The van der Waals surface area contributed by atoms with Gasteiger partial charge in [-0.1, -0.05) is 76.9 Å². The maximum absolute atomic E-state index is 5.47. The van der Waals surface area contributed by atoms with Crippen LogP contribution in [-0.4, -0.2) is 28.3 Å². The second-order valence-corrected chi connectivity index (χ2v) is 11.4. The minimum absolute atomic E-state index is 0.862. The molecule has 0 amide bonds. The Labute approximate surface area is 158 Å². The van der Waals surface area contributed by atoms with E-state index >= 15 is 0 Å². The van der Waals surface area contributed by atoms with E-state index in [0.717, 1.165) is 6.54 Å². The van der Waals surface area contributed by atoms with Gasteiger partial charge in [-0.2, -0.15) is 0 Å². The summed E-state index contributed by atoms with van der Waals surface area (Å²) >= 11 is -0.972. The molecule has 132 valence electrons. The molecule has 0 rings (SSSR count). The molecule has 2 radical (unpaired) electrons. The normalized spacial score (nSPS) is 10.7. The van der Waals surface area contributed by atoms with Gasteiger partial charge in [-0.15, -0.1) is 0 Å². The van der Waals surface area contributed by atoms with Crippen molar-refractivity contribution in [1.82, 2.24) is 0 Å². The number of nitrogens with two attached hydrogens (primary N) is 1. The van der Waals surface area contributed by atoms with Crippen molar-refractivity contribution in [2.24, 2.45) is 5.73 Å². The van der Waals surface area contributed by atoms with E-state index in [1.54, 1.807) is 0 Å². The van der Waals surface area contributed by atoms with Crippen LogP contribution in [0.1, 0.15) is 96.8 Å². The molecule has 0 unspecified atom stereocenters. The topological polar surface area (TPSA) is 26.0 Å². The zero-order valence-corrected chi connectivity index (χ0v) is 20.0. The van der Waals surface area contributed by atoms with Crippen LogP contribution >= 0.6 is 16.6 Å². The number of halogens is 2. The zero-order chi connectivity index (χ0) is 16.7. The van der Waals surface area contributed by atoms with E-state index in [2.05, 4.69) is 19.1 Å². The second-order valence-electron chi connectivity index (χ2n) is 5.80. The molecular formula is C18H37Cl2NPb. The minimum atomic E-state index is -0.972. The van der Waals surface area contributed by atoms with Crippen LogP contribution in [0.3, 0.4) is 0 Å².